The van der Waals surface area contributed by atoms with Crippen LogP contribution >= 0.6 is 23.2 Å². The number of hydrogen-bond acceptors (Lipinski definition) is 4. The zero-order valence-electron chi connectivity index (χ0n) is 15.1. The van der Waals surface area contributed by atoms with Gasteiger partial charge in [0.15, 0.2) is 5.96 Å². The van der Waals surface area contributed by atoms with Crippen molar-refractivity contribution in [1.29, 1.82) is 0 Å². The quantitative estimate of drug-likeness (QED) is 0.357. The van der Waals surface area contributed by atoms with E-state index in [-0.39, 0.29) is 6.10 Å². The van der Waals surface area contributed by atoms with Crippen LogP contribution in [0.3, 0.4) is 0 Å². The minimum atomic E-state index is 0.265. The summed E-state index contributed by atoms with van der Waals surface area (Å²) in [6, 6.07) is 5.21. The van der Waals surface area contributed by atoms with Gasteiger partial charge >= 0.3 is 0 Å². The van der Waals surface area contributed by atoms with E-state index in [1.165, 1.54) is 0 Å². The molecule has 8 heteroatoms. The summed E-state index contributed by atoms with van der Waals surface area (Å²) in [5, 5.41) is 7.65. The Morgan fingerprint density at radius 3 is 2.65 bits per heavy atom. The van der Waals surface area contributed by atoms with Crippen molar-refractivity contribution >= 4 is 29.2 Å². The summed E-state index contributed by atoms with van der Waals surface area (Å²) >= 11 is 11.9. The first-order valence-electron chi connectivity index (χ1n) is 8.90. The Labute approximate surface area is 165 Å². The van der Waals surface area contributed by atoms with Gasteiger partial charge in [-0.05, 0) is 37.5 Å². The molecule has 1 fully saturated rings. The number of nitrogens with one attached hydrogen (secondary N) is 2. The Morgan fingerprint density at radius 1 is 1.23 bits per heavy atom. The van der Waals surface area contributed by atoms with Gasteiger partial charge in [-0.2, -0.15) is 0 Å². The van der Waals surface area contributed by atoms with E-state index >= 15 is 0 Å². The molecule has 0 saturated carbocycles. The molecule has 1 unspecified atom stereocenters. The SMILES string of the molecule is CN=C(NCCCOc1ccc(Cl)cc1Cl)NCCCOC1CCOC1. The topological polar surface area (TPSA) is 64.1 Å². The van der Waals surface area contributed by atoms with E-state index in [2.05, 4.69) is 15.6 Å². The predicted molar refractivity (Wildman–Crippen MR) is 106 cm³/mol. The molecular formula is C18H27Cl2N3O3. The van der Waals surface area contributed by atoms with Crippen molar-refractivity contribution in [3.8, 4) is 5.75 Å². The lowest BCUT2D eigenvalue weighted by Crippen LogP contribution is -2.38. The van der Waals surface area contributed by atoms with Crippen LogP contribution in [-0.4, -0.2) is 58.6 Å². The second-order valence-electron chi connectivity index (χ2n) is 5.91. The van der Waals surface area contributed by atoms with Crippen molar-refractivity contribution < 1.29 is 14.2 Å². The Balaban J connectivity index is 1.50. The number of aliphatic imine (C=N–C) groups is 1. The summed E-state index contributed by atoms with van der Waals surface area (Å²) in [6.45, 7) is 4.38. The fourth-order valence-electron chi connectivity index (χ4n) is 2.45. The highest BCUT2D eigenvalue weighted by Crippen LogP contribution is 2.27. The van der Waals surface area contributed by atoms with Gasteiger partial charge in [0.05, 0.1) is 24.3 Å². The third kappa shape index (κ3) is 7.99. The third-order valence-corrected chi connectivity index (χ3v) is 4.37. The fourth-order valence-corrected chi connectivity index (χ4v) is 2.91. The summed E-state index contributed by atoms with van der Waals surface area (Å²) in [7, 11) is 1.76. The fraction of sp³-hybridized carbons (Fsp3) is 0.611. The average molecular weight is 404 g/mol. The molecule has 1 aliphatic heterocycles. The van der Waals surface area contributed by atoms with Crippen molar-refractivity contribution in [3.63, 3.8) is 0 Å². The molecule has 0 aromatic heterocycles. The largest absolute Gasteiger partial charge is 0.492 e. The van der Waals surface area contributed by atoms with Gasteiger partial charge in [-0.1, -0.05) is 23.2 Å². The molecule has 1 aromatic carbocycles. The van der Waals surface area contributed by atoms with Crippen LogP contribution in [0.15, 0.2) is 23.2 Å². The number of rotatable bonds is 10. The molecular weight excluding hydrogens is 377 g/mol. The number of halogens is 2. The first kappa shape index (κ1) is 21.1. The number of guanidine groups is 1. The van der Waals surface area contributed by atoms with Crippen LogP contribution in [0.25, 0.3) is 0 Å². The summed E-state index contributed by atoms with van der Waals surface area (Å²) in [6.07, 6.45) is 3.02. The lowest BCUT2D eigenvalue weighted by atomic mass is 10.3. The highest BCUT2D eigenvalue weighted by molar-refractivity contribution is 6.35. The Kier molecular flexibility index (Phi) is 9.92. The van der Waals surface area contributed by atoms with Gasteiger partial charge in [-0.3, -0.25) is 4.99 Å². The molecule has 1 aromatic rings. The monoisotopic (exact) mass is 403 g/mol. The van der Waals surface area contributed by atoms with Gasteiger partial charge in [0.1, 0.15) is 5.75 Å². The zero-order chi connectivity index (χ0) is 18.6. The van der Waals surface area contributed by atoms with Crippen molar-refractivity contribution in [2.45, 2.75) is 25.4 Å². The zero-order valence-corrected chi connectivity index (χ0v) is 16.6. The molecule has 1 heterocycles. The predicted octanol–water partition coefficient (Wildman–Crippen LogP) is 3.12. The molecule has 0 aliphatic carbocycles. The second kappa shape index (κ2) is 12.2. The Bertz CT molecular complexity index is 567. The minimum Gasteiger partial charge on any atom is -0.492 e. The second-order valence-corrected chi connectivity index (χ2v) is 6.76. The van der Waals surface area contributed by atoms with Crippen LogP contribution in [0.5, 0.6) is 5.75 Å². The lowest BCUT2D eigenvalue weighted by molar-refractivity contribution is 0.0420. The number of hydrogen-bond donors (Lipinski definition) is 2. The molecule has 2 N–H and O–H groups in total. The standard InChI is InChI=1S/C18H27Cl2N3O3/c1-21-18(22-7-2-9-25-15-6-11-24-13-15)23-8-3-10-26-17-5-4-14(19)12-16(17)20/h4-5,12,15H,2-3,6-11,13H2,1H3,(H2,21,22,23). The van der Waals surface area contributed by atoms with Crippen molar-refractivity contribution in [1.82, 2.24) is 10.6 Å². The summed E-state index contributed by atoms with van der Waals surface area (Å²) in [5.41, 5.74) is 0. The molecule has 0 bridgehead atoms. The van der Waals surface area contributed by atoms with Crippen LogP contribution in [0, 0.1) is 0 Å². The molecule has 146 valence electrons. The summed E-state index contributed by atoms with van der Waals surface area (Å²) in [5.74, 6) is 1.42. The molecule has 0 amide bonds. The lowest BCUT2D eigenvalue weighted by Gasteiger charge is -2.13. The third-order valence-electron chi connectivity index (χ3n) is 3.84. The number of ether oxygens (including phenoxy) is 3. The maximum absolute atomic E-state index is 6.07. The van der Waals surface area contributed by atoms with Crippen molar-refractivity contribution in [2.24, 2.45) is 4.99 Å². The van der Waals surface area contributed by atoms with Gasteiger partial charge < -0.3 is 24.8 Å². The van der Waals surface area contributed by atoms with Gasteiger partial charge in [0.25, 0.3) is 0 Å². The normalized spacial score (nSPS) is 17.3. The minimum absolute atomic E-state index is 0.265. The number of nitrogens with zero attached hydrogens (tertiary/aromatic N) is 1. The molecule has 26 heavy (non-hydrogen) atoms. The highest BCUT2D eigenvalue weighted by Gasteiger charge is 2.15. The van der Waals surface area contributed by atoms with Crippen LogP contribution < -0.4 is 15.4 Å². The molecule has 1 aliphatic rings. The molecule has 0 spiro atoms. The maximum atomic E-state index is 6.07. The highest BCUT2D eigenvalue weighted by atomic mass is 35.5. The molecule has 6 nitrogen and oxygen atoms in total. The van der Waals surface area contributed by atoms with Crippen LogP contribution in [-0.2, 0) is 9.47 Å². The van der Waals surface area contributed by atoms with E-state index in [1.54, 1.807) is 25.2 Å². The molecule has 1 atom stereocenters. The van der Waals surface area contributed by atoms with Gasteiger partial charge in [0.2, 0.25) is 0 Å². The summed E-state index contributed by atoms with van der Waals surface area (Å²) in [4.78, 5) is 4.20. The van der Waals surface area contributed by atoms with Gasteiger partial charge in [-0.25, -0.2) is 0 Å². The number of benzene rings is 1. The van der Waals surface area contributed by atoms with Crippen LogP contribution in [0.4, 0.5) is 0 Å². The first-order chi connectivity index (χ1) is 12.7. The maximum Gasteiger partial charge on any atom is 0.190 e. The van der Waals surface area contributed by atoms with E-state index in [0.29, 0.717) is 22.4 Å². The Morgan fingerprint density at radius 2 is 2.00 bits per heavy atom. The molecule has 2 rings (SSSR count). The molecule has 0 radical (unpaired) electrons. The van der Waals surface area contributed by atoms with Crippen molar-refractivity contribution in [3.05, 3.63) is 28.2 Å². The Hall–Kier alpha value is -1.21. The van der Waals surface area contributed by atoms with E-state index < -0.39 is 0 Å². The van der Waals surface area contributed by atoms with E-state index in [4.69, 9.17) is 37.4 Å². The van der Waals surface area contributed by atoms with Gasteiger partial charge in [-0.15, -0.1) is 0 Å². The van der Waals surface area contributed by atoms with Crippen LogP contribution in [0.1, 0.15) is 19.3 Å². The van der Waals surface area contributed by atoms with E-state index in [0.717, 1.165) is 58.1 Å². The average Bonchev–Trinajstić information content (AvgIpc) is 3.14. The van der Waals surface area contributed by atoms with Crippen LogP contribution in [0.2, 0.25) is 10.0 Å². The molecule has 1 saturated heterocycles. The first-order valence-corrected chi connectivity index (χ1v) is 9.66. The van der Waals surface area contributed by atoms with Gasteiger partial charge in [0, 0.05) is 38.4 Å². The summed E-state index contributed by atoms with van der Waals surface area (Å²) < 4.78 is 16.7. The van der Waals surface area contributed by atoms with E-state index in [1.807, 2.05) is 0 Å². The van der Waals surface area contributed by atoms with Crippen molar-refractivity contribution in [2.75, 3.05) is 46.6 Å². The smallest absolute Gasteiger partial charge is 0.190 e. The van der Waals surface area contributed by atoms with E-state index in [9.17, 15) is 0 Å².